The van der Waals surface area contributed by atoms with Crippen molar-refractivity contribution in [2.75, 3.05) is 6.54 Å². The highest BCUT2D eigenvalue weighted by Crippen LogP contribution is 2.26. The summed E-state index contributed by atoms with van der Waals surface area (Å²) in [6.07, 6.45) is 5.78. The van der Waals surface area contributed by atoms with Crippen LogP contribution in [0.5, 0.6) is 0 Å². The summed E-state index contributed by atoms with van der Waals surface area (Å²) in [5.41, 5.74) is 6.46. The van der Waals surface area contributed by atoms with E-state index in [-0.39, 0.29) is 0 Å². The van der Waals surface area contributed by atoms with Gasteiger partial charge in [-0.25, -0.2) is 4.79 Å². The Labute approximate surface area is 110 Å². The Morgan fingerprint density at radius 3 is 2.50 bits per heavy atom. The third-order valence-corrected chi connectivity index (χ3v) is 3.21. The molecule has 1 aromatic carbocycles. The maximum Gasteiger partial charge on any atom is 0.312 e. The molecule has 100 valence electrons. The van der Waals surface area contributed by atoms with Crippen molar-refractivity contribution < 1.29 is 4.79 Å². The van der Waals surface area contributed by atoms with Crippen molar-refractivity contribution in [3.05, 3.63) is 35.9 Å². The van der Waals surface area contributed by atoms with Crippen LogP contribution in [0.15, 0.2) is 30.3 Å². The summed E-state index contributed by atoms with van der Waals surface area (Å²) in [7, 11) is 0. The first-order valence-corrected chi connectivity index (χ1v) is 6.82. The molecular formula is C15H24N2O. The van der Waals surface area contributed by atoms with Crippen molar-refractivity contribution in [3.63, 3.8) is 0 Å². The first-order valence-electron chi connectivity index (χ1n) is 6.82. The maximum absolute atomic E-state index is 10.6. The van der Waals surface area contributed by atoms with Crippen LogP contribution in [-0.2, 0) is 0 Å². The lowest BCUT2D eigenvalue weighted by molar-refractivity contribution is 0.248. The van der Waals surface area contributed by atoms with Crippen LogP contribution in [0.25, 0.3) is 0 Å². The molecule has 0 aliphatic carbocycles. The molecule has 1 aromatic rings. The summed E-state index contributed by atoms with van der Waals surface area (Å²) < 4.78 is 0. The lowest BCUT2D eigenvalue weighted by atomic mass is 9.89. The fraction of sp³-hybridized carbons (Fsp3) is 0.533. The van der Waals surface area contributed by atoms with Gasteiger partial charge >= 0.3 is 6.03 Å². The molecule has 3 N–H and O–H groups in total. The number of carbonyl (C=O) groups is 1. The molecule has 0 heterocycles. The minimum atomic E-state index is -0.431. The van der Waals surface area contributed by atoms with Crippen molar-refractivity contribution in [1.29, 1.82) is 0 Å². The molecular weight excluding hydrogens is 224 g/mol. The molecule has 0 saturated carbocycles. The van der Waals surface area contributed by atoms with E-state index in [1.54, 1.807) is 0 Å². The first kappa shape index (κ1) is 14.6. The fourth-order valence-corrected chi connectivity index (χ4v) is 2.21. The van der Waals surface area contributed by atoms with Crippen LogP contribution < -0.4 is 11.1 Å². The Balaban J connectivity index is 2.43. The number of rotatable bonds is 8. The van der Waals surface area contributed by atoms with Gasteiger partial charge in [0, 0.05) is 6.54 Å². The molecule has 0 bridgehead atoms. The number of hydrogen-bond donors (Lipinski definition) is 2. The molecule has 3 heteroatoms. The summed E-state index contributed by atoms with van der Waals surface area (Å²) >= 11 is 0. The van der Waals surface area contributed by atoms with Gasteiger partial charge < -0.3 is 11.1 Å². The zero-order valence-corrected chi connectivity index (χ0v) is 11.2. The van der Waals surface area contributed by atoms with Gasteiger partial charge in [-0.15, -0.1) is 0 Å². The predicted octanol–water partition coefficient (Wildman–Crippen LogP) is 3.41. The Hall–Kier alpha value is -1.51. The third kappa shape index (κ3) is 5.71. The Morgan fingerprint density at radius 1 is 1.22 bits per heavy atom. The van der Waals surface area contributed by atoms with Crippen LogP contribution in [-0.4, -0.2) is 12.6 Å². The van der Waals surface area contributed by atoms with Crippen LogP contribution in [0.3, 0.4) is 0 Å². The van der Waals surface area contributed by atoms with Crippen LogP contribution >= 0.6 is 0 Å². The molecule has 1 unspecified atom stereocenters. The molecule has 0 aliphatic rings. The summed E-state index contributed by atoms with van der Waals surface area (Å²) in [5.74, 6) is 0.598. The molecule has 0 spiro atoms. The van der Waals surface area contributed by atoms with E-state index in [9.17, 15) is 4.79 Å². The van der Waals surface area contributed by atoms with E-state index in [1.807, 2.05) is 0 Å². The summed E-state index contributed by atoms with van der Waals surface area (Å²) in [6, 6.07) is 10.2. The molecule has 2 amide bonds. The highest BCUT2D eigenvalue weighted by Gasteiger charge is 2.10. The van der Waals surface area contributed by atoms with E-state index in [0.29, 0.717) is 12.5 Å². The van der Waals surface area contributed by atoms with Gasteiger partial charge in [0.25, 0.3) is 0 Å². The van der Waals surface area contributed by atoms with Gasteiger partial charge in [0.2, 0.25) is 0 Å². The van der Waals surface area contributed by atoms with E-state index in [0.717, 1.165) is 12.8 Å². The molecule has 1 rings (SSSR count). The van der Waals surface area contributed by atoms with Crippen LogP contribution in [0.4, 0.5) is 4.79 Å². The number of carbonyl (C=O) groups excluding carboxylic acids is 1. The number of primary amides is 1. The SMILES string of the molecule is CCCCC(CCCNC(N)=O)c1ccccc1. The van der Waals surface area contributed by atoms with Gasteiger partial charge in [-0.1, -0.05) is 50.1 Å². The number of nitrogens with two attached hydrogens (primary N) is 1. The van der Waals surface area contributed by atoms with Crippen molar-refractivity contribution in [1.82, 2.24) is 5.32 Å². The molecule has 0 fully saturated rings. The average Bonchev–Trinajstić information content (AvgIpc) is 2.38. The summed E-state index contributed by atoms with van der Waals surface area (Å²) in [6.45, 7) is 2.89. The minimum absolute atomic E-state index is 0.431. The highest BCUT2D eigenvalue weighted by atomic mass is 16.2. The normalized spacial score (nSPS) is 12.1. The number of urea groups is 1. The van der Waals surface area contributed by atoms with E-state index in [1.165, 1.54) is 24.8 Å². The van der Waals surface area contributed by atoms with E-state index >= 15 is 0 Å². The zero-order chi connectivity index (χ0) is 13.2. The second-order valence-corrected chi connectivity index (χ2v) is 4.68. The Kier molecular flexibility index (Phi) is 6.92. The lowest BCUT2D eigenvalue weighted by Crippen LogP contribution is -2.30. The number of benzene rings is 1. The molecule has 0 saturated heterocycles. The quantitative estimate of drug-likeness (QED) is 0.681. The number of hydrogen-bond acceptors (Lipinski definition) is 1. The third-order valence-electron chi connectivity index (χ3n) is 3.21. The number of unbranched alkanes of at least 4 members (excludes halogenated alkanes) is 1. The molecule has 0 aliphatic heterocycles. The Morgan fingerprint density at radius 2 is 1.89 bits per heavy atom. The molecule has 0 aromatic heterocycles. The van der Waals surface area contributed by atoms with Gasteiger partial charge in [-0.05, 0) is 30.7 Å². The fourth-order valence-electron chi connectivity index (χ4n) is 2.21. The van der Waals surface area contributed by atoms with Gasteiger partial charge in [0.05, 0.1) is 0 Å². The predicted molar refractivity (Wildman–Crippen MR) is 75.5 cm³/mol. The van der Waals surface area contributed by atoms with Crippen molar-refractivity contribution in [2.45, 2.75) is 44.9 Å². The second-order valence-electron chi connectivity index (χ2n) is 4.68. The first-order chi connectivity index (χ1) is 8.74. The van der Waals surface area contributed by atoms with Crippen LogP contribution in [0.1, 0.15) is 50.5 Å². The smallest absolute Gasteiger partial charge is 0.312 e. The lowest BCUT2D eigenvalue weighted by Gasteiger charge is -2.17. The maximum atomic E-state index is 10.6. The van der Waals surface area contributed by atoms with Crippen molar-refractivity contribution in [2.24, 2.45) is 5.73 Å². The summed E-state index contributed by atoms with van der Waals surface area (Å²) in [5, 5.41) is 2.65. The standard InChI is InChI=1S/C15H24N2O/c1-2-3-8-13(11-7-12-17-15(16)18)14-9-5-4-6-10-14/h4-6,9-10,13H,2-3,7-8,11-12H2,1H3,(H3,16,17,18). The Bertz CT molecular complexity index is 338. The van der Waals surface area contributed by atoms with E-state index in [4.69, 9.17) is 5.73 Å². The molecule has 0 radical (unpaired) electrons. The van der Waals surface area contributed by atoms with E-state index < -0.39 is 6.03 Å². The second kappa shape index (κ2) is 8.56. The number of amides is 2. The van der Waals surface area contributed by atoms with Gasteiger partial charge in [0.15, 0.2) is 0 Å². The largest absolute Gasteiger partial charge is 0.352 e. The van der Waals surface area contributed by atoms with Crippen LogP contribution in [0, 0.1) is 0 Å². The summed E-state index contributed by atoms with van der Waals surface area (Å²) in [4.78, 5) is 10.6. The van der Waals surface area contributed by atoms with Crippen LogP contribution in [0.2, 0.25) is 0 Å². The van der Waals surface area contributed by atoms with Gasteiger partial charge in [-0.3, -0.25) is 0 Å². The molecule has 3 nitrogen and oxygen atoms in total. The van der Waals surface area contributed by atoms with E-state index in [2.05, 4.69) is 42.6 Å². The average molecular weight is 248 g/mol. The minimum Gasteiger partial charge on any atom is -0.352 e. The zero-order valence-electron chi connectivity index (χ0n) is 11.2. The number of nitrogens with one attached hydrogen (secondary N) is 1. The molecule has 18 heavy (non-hydrogen) atoms. The van der Waals surface area contributed by atoms with Gasteiger partial charge in [0.1, 0.15) is 0 Å². The van der Waals surface area contributed by atoms with Crippen molar-refractivity contribution in [3.8, 4) is 0 Å². The van der Waals surface area contributed by atoms with Crippen molar-refractivity contribution >= 4 is 6.03 Å². The topological polar surface area (TPSA) is 55.1 Å². The van der Waals surface area contributed by atoms with Gasteiger partial charge in [-0.2, -0.15) is 0 Å². The monoisotopic (exact) mass is 248 g/mol. The highest BCUT2D eigenvalue weighted by molar-refractivity contribution is 5.71. The molecule has 1 atom stereocenters.